The molecular formula is C15H20N2O. The van der Waals surface area contributed by atoms with Gasteiger partial charge in [-0.15, -0.1) is 0 Å². The summed E-state index contributed by atoms with van der Waals surface area (Å²) < 4.78 is 1.66. The lowest BCUT2D eigenvalue weighted by atomic mass is 10.1. The topological polar surface area (TPSA) is 37.8 Å². The van der Waals surface area contributed by atoms with Crippen LogP contribution in [0.5, 0.6) is 0 Å². The highest BCUT2D eigenvalue weighted by Gasteiger charge is 2.12. The SMILES string of the molecule is CCCCc1c(CC)[nH]n(-c2ccccc2)c1=O. The van der Waals surface area contributed by atoms with Crippen LogP contribution in [-0.4, -0.2) is 9.78 Å². The minimum Gasteiger partial charge on any atom is -0.295 e. The van der Waals surface area contributed by atoms with Crippen molar-refractivity contribution in [3.05, 3.63) is 51.9 Å². The molecule has 1 aromatic heterocycles. The summed E-state index contributed by atoms with van der Waals surface area (Å²) in [6.07, 6.45) is 3.91. The van der Waals surface area contributed by atoms with Gasteiger partial charge in [-0.1, -0.05) is 38.5 Å². The van der Waals surface area contributed by atoms with Crippen molar-refractivity contribution in [2.45, 2.75) is 39.5 Å². The number of H-pyrrole nitrogens is 1. The van der Waals surface area contributed by atoms with Crippen molar-refractivity contribution in [3.63, 3.8) is 0 Å². The summed E-state index contributed by atoms with van der Waals surface area (Å²) in [5.74, 6) is 0. The monoisotopic (exact) mass is 244 g/mol. The Bertz CT molecular complexity index is 552. The Labute approximate surface area is 107 Å². The highest BCUT2D eigenvalue weighted by Crippen LogP contribution is 2.10. The van der Waals surface area contributed by atoms with Gasteiger partial charge in [-0.05, 0) is 31.4 Å². The summed E-state index contributed by atoms with van der Waals surface area (Å²) in [7, 11) is 0. The zero-order chi connectivity index (χ0) is 13.0. The van der Waals surface area contributed by atoms with E-state index in [0.717, 1.165) is 42.6 Å². The molecule has 0 bridgehead atoms. The van der Waals surface area contributed by atoms with Crippen LogP contribution in [0.4, 0.5) is 0 Å². The third-order valence-corrected chi connectivity index (χ3v) is 3.22. The van der Waals surface area contributed by atoms with Gasteiger partial charge in [0, 0.05) is 11.3 Å². The van der Waals surface area contributed by atoms with Crippen LogP contribution in [0.25, 0.3) is 5.69 Å². The van der Waals surface area contributed by atoms with Crippen molar-refractivity contribution in [2.75, 3.05) is 0 Å². The fraction of sp³-hybridized carbons (Fsp3) is 0.400. The molecule has 0 fully saturated rings. The molecule has 0 radical (unpaired) electrons. The predicted molar refractivity (Wildman–Crippen MR) is 74.4 cm³/mol. The van der Waals surface area contributed by atoms with Crippen LogP contribution in [0, 0.1) is 0 Å². The number of nitrogens with one attached hydrogen (secondary N) is 1. The molecule has 0 spiro atoms. The van der Waals surface area contributed by atoms with Crippen LogP contribution in [0.2, 0.25) is 0 Å². The van der Waals surface area contributed by atoms with Gasteiger partial charge in [0.25, 0.3) is 5.56 Å². The Morgan fingerprint density at radius 1 is 1.17 bits per heavy atom. The van der Waals surface area contributed by atoms with E-state index in [1.54, 1.807) is 4.68 Å². The maximum atomic E-state index is 12.4. The number of hydrogen-bond donors (Lipinski definition) is 1. The lowest BCUT2D eigenvalue weighted by molar-refractivity contribution is 0.783. The smallest absolute Gasteiger partial charge is 0.274 e. The average molecular weight is 244 g/mol. The van der Waals surface area contributed by atoms with Crippen molar-refractivity contribution in [2.24, 2.45) is 0 Å². The molecule has 96 valence electrons. The minimum absolute atomic E-state index is 0.103. The van der Waals surface area contributed by atoms with Gasteiger partial charge in [0.15, 0.2) is 0 Å². The summed E-state index contributed by atoms with van der Waals surface area (Å²) in [5.41, 5.74) is 3.02. The number of aryl methyl sites for hydroxylation is 1. The second kappa shape index (κ2) is 5.71. The molecule has 0 unspecified atom stereocenters. The molecule has 0 aliphatic carbocycles. The van der Waals surface area contributed by atoms with E-state index in [4.69, 9.17) is 0 Å². The minimum atomic E-state index is 0.103. The molecular weight excluding hydrogens is 224 g/mol. The molecule has 1 aromatic carbocycles. The Hall–Kier alpha value is -1.77. The number of benzene rings is 1. The molecule has 1 N–H and O–H groups in total. The van der Waals surface area contributed by atoms with Crippen LogP contribution < -0.4 is 5.56 Å². The van der Waals surface area contributed by atoms with E-state index in [1.807, 2.05) is 30.3 Å². The maximum Gasteiger partial charge on any atom is 0.274 e. The molecule has 0 saturated carbocycles. The van der Waals surface area contributed by atoms with Gasteiger partial charge in [-0.3, -0.25) is 9.89 Å². The van der Waals surface area contributed by atoms with Gasteiger partial charge < -0.3 is 0 Å². The van der Waals surface area contributed by atoms with Crippen LogP contribution in [0.15, 0.2) is 35.1 Å². The number of nitrogens with zero attached hydrogens (tertiary/aromatic N) is 1. The molecule has 18 heavy (non-hydrogen) atoms. The third kappa shape index (κ3) is 2.40. The first-order valence-electron chi connectivity index (χ1n) is 6.66. The highest BCUT2D eigenvalue weighted by atomic mass is 16.1. The predicted octanol–water partition coefficient (Wildman–Crippen LogP) is 3.07. The van der Waals surface area contributed by atoms with Crippen molar-refractivity contribution in [1.29, 1.82) is 0 Å². The summed E-state index contributed by atoms with van der Waals surface area (Å²) in [6, 6.07) is 9.73. The third-order valence-electron chi connectivity index (χ3n) is 3.22. The van der Waals surface area contributed by atoms with E-state index >= 15 is 0 Å². The summed E-state index contributed by atoms with van der Waals surface area (Å²) in [4.78, 5) is 12.4. The van der Waals surface area contributed by atoms with Crippen molar-refractivity contribution in [3.8, 4) is 5.69 Å². The number of aromatic nitrogens is 2. The normalized spacial score (nSPS) is 10.8. The quantitative estimate of drug-likeness (QED) is 0.862. The van der Waals surface area contributed by atoms with Crippen LogP contribution in [-0.2, 0) is 12.8 Å². The summed E-state index contributed by atoms with van der Waals surface area (Å²) in [5, 5.41) is 3.23. The van der Waals surface area contributed by atoms with E-state index in [1.165, 1.54) is 0 Å². The second-order valence-electron chi connectivity index (χ2n) is 4.50. The van der Waals surface area contributed by atoms with Gasteiger partial charge in [0.1, 0.15) is 0 Å². The Morgan fingerprint density at radius 3 is 2.50 bits per heavy atom. The zero-order valence-electron chi connectivity index (χ0n) is 11.1. The number of unbranched alkanes of at least 4 members (excludes halogenated alkanes) is 1. The molecule has 0 atom stereocenters. The summed E-state index contributed by atoms with van der Waals surface area (Å²) >= 11 is 0. The van der Waals surface area contributed by atoms with E-state index in [0.29, 0.717) is 0 Å². The molecule has 0 aliphatic heterocycles. The van der Waals surface area contributed by atoms with Crippen LogP contribution in [0.3, 0.4) is 0 Å². The Morgan fingerprint density at radius 2 is 1.89 bits per heavy atom. The first-order chi connectivity index (χ1) is 8.77. The van der Waals surface area contributed by atoms with Crippen molar-refractivity contribution < 1.29 is 0 Å². The molecule has 1 heterocycles. The molecule has 3 nitrogen and oxygen atoms in total. The first kappa shape index (κ1) is 12.7. The molecule has 3 heteroatoms. The molecule has 2 rings (SSSR count). The molecule has 0 aliphatic rings. The van der Waals surface area contributed by atoms with E-state index in [-0.39, 0.29) is 5.56 Å². The van der Waals surface area contributed by atoms with Gasteiger partial charge in [0.05, 0.1) is 5.69 Å². The lowest BCUT2D eigenvalue weighted by Crippen LogP contribution is -2.17. The van der Waals surface area contributed by atoms with Gasteiger partial charge in [-0.25, -0.2) is 4.68 Å². The first-order valence-corrected chi connectivity index (χ1v) is 6.66. The van der Waals surface area contributed by atoms with Gasteiger partial charge in [-0.2, -0.15) is 0 Å². The van der Waals surface area contributed by atoms with E-state index < -0.39 is 0 Å². The van der Waals surface area contributed by atoms with Crippen molar-refractivity contribution in [1.82, 2.24) is 9.78 Å². The highest BCUT2D eigenvalue weighted by molar-refractivity contribution is 5.32. The van der Waals surface area contributed by atoms with Crippen molar-refractivity contribution >= 4 is 0 Å². The Kier molecular flexibility index (Phi) is 4.03. The number of aromatic amines is 1. The average Bonchev–Trinajstić information content (AvgIpc) is 2.74. The maximum absolute atomic E-state index is 12.4. The molecule has 0 amide bonds. The molecule has 2 aromatic rings. The van der Waals surface area contributed by atoms with Crippen LogP contribution in [0.1, 0.15) is 37.9 Å². The Balaban J connectivity index is 2.44. The van der Waals surface area contributed by atoms with Crippen LogP contribution >= 0.6 is 0 Å². The number of hydrogen-bond acceptors (Lipinski definition) is 1. The zero-order valence-corrected chi connectivity index (χ0v) is 11.1. The largest absolute Gasteiger partial charge is 0.295 e. The van der Waals surface area contributed by atoms with Gasteiger partial charge >= 0.3 is 0 Å². The fourth-order valence-electron chi connectivity index (χ4n) is 2.18. The van der Waals surface area contributed by atoms with E-state index in [2.05, 4.69) is 18.9 Å². The fourth-order valence-corrected chi connectivity index (χ4v) is 2.18. The lowest BCUT2D eigenvalue weighted by Gasteiger charge is -1.99. The second-order valence-corrected chi connectivity index (χ2v) is 4.50. The van der Waals surface area contributed by atoms with Gasteiger partial charge in [0.2, 0.25) is 0 Å². The van der Waals surface area contributed by atoms with E-state index in [9.17, 15) is 4.79 Å². The number of rotatable bonds is 5. The molecule has 0 saturated heterocycles. The summed E-state index contributed by atoms with van der Waals surface area (Å²) in [6.45, 7) is 4.23. The standard InChI is InChI=1S/C15H20N2O/c1-3-5-11-13-14(4-2)16-17(15(13)18)12-9-7-6-8-10-12/h6-10,16H,3-5,11H2,1-2H3. The number of para-hydroxylation sites is 1.